The van der Waals surface area contributed by atoms with Crippen molar-refractivity contribution in [2.45, 2.75) is 25.8 Å². The SMILES string of the molecule is O=C(O)c1sccc1CNc1ccc2c(c1)CCC2. The Hall–Kier alpha value is -1.81. The second-order valence-corrected chi connectivity index (χ2v) is 5.69. The summed E-state index contributed by atoms with van der Waals surface area (Å²) in [7, 11) is 0. The van der Waals surface area contributed by atoms with Crippen molar-refractivity contribution >= 4 is 23.0 Å². The molecule has 2 aromatic rings. The zero-order valence-corrected chi connectivity index (χ0v) is 11.3. The van der Waals surface area contributed by atoms with Crippen molar-refractivity contribution in [3.8, 4) is 0 Å². The van der Waals surface area contributed by atoms with Gasteiger partial charge in [0.15, 0.2) is 0 Å². The highest BCUT2D eigenvalue weighted by Crippen LogP contribution is 2.25. The van der Waals surface area contributed by atoms with Crippen LogP contribution in [0, 0.1) is 0 Å². The van der Waals surface area contributed by atoms with E-state index in [-0.39, 0.29) is 0 Å². The molecule has 19 heavy (non-hydrogen) atoms. The van der Waals surface area contributed by atoms with E-state index >= 15 is 0 Å². The van der Waals surface area contributed by atoms with Crippen LogP contribution in [0.15, 0.2) is 29.6 Å². The van der Waals surface area contributed by atoms with E-state index in [2.05, 4.69) is 23.5 Å². The third-order valence-electron chi connectivity index (χ3n) is 3.52. The highest BCUT2D eigenvalue weighted by molar-refractivity contribution is 7.12. The van der Waals surface area contributed by atoms with Crippen LogP contribution >= 0.6 is 11.3 Å². The highest BCUT2D eigenvalue weighted by Gasteiger charge is 2.13. The Morgan fingerprint density at radius 1 is 1.26 bits per heavy atom. The lowest BCUT2D eigenvalue weighted by atomic mass is 10.1. The zero-order valence-electron chi connectivity index (χ0n) is 10.5. The Bertz CT molecular complexity index is 618. The van der Waals surface area contributed by atoms with E-state index in [1.807, 2.05) is 11.4 Å². The number of aromatic carboxylic acids is 1. The average molecular weight is 273 g/mol. The number of thiophene rings is 1. The Morgan fingerprint density at radius 3 is 2.95 bits per heavy atom. The van der Waals surface area contributed by atoms with E-state index in [0.717, 1.165) is 17.7 Å². The number of carbonyl (C=O) groups is 1. The van der Waals surface area contributed by atoms with Crippen molar-refractivity contribution in [1.82, 2.24) is 0 Å². The van der Waals surface area contributed by atoms with Crippen LogP contribution in [0.5, 0.6) is 0 Å². The van der Waals surface area contributed by atoms with Crippen molar-refractivity contribution in [1.29, 1.82) is 0 Å². The number of benzene rings is 1. The number of carboxylic acids is 1. The molecule has 0 radical (unpaired) electrons. The molecule has 1 aliphatic rings. The van der Waals surface area contributed by atoms with Gasteiger partial charge in [-0.15, -0.1) is 11.3 Å². The van der Waals surface area contributed by atoms with Gasteiger partial charge in [-0.25, -0.2) is 4.79 Å². The molecule has 1 aromatic heterocycles. The number of aryl methyl sites for hydroxylation is 2. The molecule has 1 heterocycles. The first kappa shape index (κ1) is 12.2. The van der Waals surface area contributed by atoms with Gasteiger partial charge in [0.1, 0.15) is 4.88 Å². The summed E-state index contributed by atoms with van der Waals surface area (Å²) in [5.74, 6) is -0.847. The number of fused-ring (bicyclic) bond motifs is 1. The van der Waals surface area contributed by atoms with Crippen molar-refractivity contribution in [3.05, 3.63) is 51.2 Å². The first-order valence-corrected chi connectivity index (χ1v) is 7.27. The van der Waals surface area contributed by atoms with Crippen LogP contribution in [0.1, 0.15) is 32.8 Å². The van der Waals surface area contributed by atoms with Gasteiger partial charge < -0.3 is 10.4 Å². The van der Waals surface area contributed by atoms with Crippen molar-refractivity contribution in [2.75, 3.05) is 5.32 Å². The second-order valence-electron chi connectivity index (χ2n) is 4.77. The fraction of sp³-hybridized carbons (Fsp3) is 0.267. The number of hydrogen-bond acceptors (Lipinski definition) is 3. The predicted octanol–water partition coefficient (Wildman–Crippen LogP) is 3.55. The van der Waals surface area contributed by atoms with Gasteiger partial charge >= 0.3 is 5.97 Å². The molecule has 3 nitrogen and oxygen atoms in total. The molecule has 0 spiro atoms. The minimum atomic E-state index is -0.847. The van der Waals surface area contributed by atoms with Crippen LogP contribution in [-0.2, 0) is 19.4 Å². The number of carboxylic acid groups (broad SMARTS) is 1. The first-order valence-electron chi connectivity index (χ1n) is 6.39. The van der Waals surface area contributed by atoms with Gasteiger partial charge in [-0.3, -0.25) is 0 Å². The molecular formula is C15H15NO2S. The van der Waals surface area contributed by atoms with E-state index in [1.54, 1.807) is 0 Å². The summed E-state index contributed by atoms with van der Waals surface area (Å²) < 4.78 is 0. The molecule has 4 heteroatoms. The standard InChI is InChI=1S/C15H15NO2S/c17-15(18)14-12(6-7-19-14)9-16-13-5-4-10-2-1-3-11(10)8-13/h4-8,16H,1-3,9H2,(H,17,18). The lowest BCUT2D eigenvalue weighted by Gasteiger charge is -2.08. The average Bonchev–Trinajstić information content (AvgIpc) is 3.04. The van der Waals surface area contributed by atoms with E-state index in [0.29, 0.717) is 11.4 Å². The minimum absolute atomic E-state index is 0.425. The quantitative estimate of drug-likeness (QED) is 0.895. The normalized spacial score (nSPS) is 13.3. The number of anilines is 1. The molecule has 0 unspecified atom stereocenters. The summed E-state index contributed by atoms with van der Waals surface area (Å²) in [4.78, 5) is 11.5. The Kier molecular flexibility index (Phi) is 3.25. The van der Waals surface area contributed by atoms with Crippen LogP contribution < -0.4 is 5.32 Å². The summed E-state index contributed by atoms with van der Waals surface area (Å²) in [5.41, 5.74) is 4.79. The minimum Gasteiger partial charge on any atom is -0.477 e. The lowest BCUT2D eigenvalue weighted by molar-refractivity contribution is 0.0701. The molecule has 1 aromatic carbocycles. The number of nitrogens with one attached hydrogen (secondary N) is 1. The Labute approximate surface area is 115 Å². The topological polar surface area (TPSA) is 49.3 Å². The van der Waals surface area contributed by atoms with E-state index in [1.165, 1.54) is 35.3 Å². The molecule has 3 rings (SSSR count). The lowest BCUT2D eigenvalue weighted by Crippen LogP contribution is -2.04. The van der Waals surface area contributed by atoms with Gasteiger partial charge in [-0.1, -0.05) is 6.07 Å². The second kappa shape index (κ2) is 5.05. The third-order valence-corrected chi connectivity index (χ3v) is 4.47. The largest absolute Gasteiger partial charge is 0.477 e. The maximum Gasteiger partial charge on any atom is 0.346 e. The number of rotatable bonds is 4. The molecule has 0 saturated carbocycles. The monoisotopic (exact) mass is 273 g/mol. The zero-order chi connectivity index (χ0) is 13.2. The highest BCUT2D eigenvalue weighted by atomic mass is 32.1. The molecule has 0 aliphatic heterocycles. The molecule has 0 bridgehead atoms. The van der Waals surface area contributed by atoms with Crippen LogP contribution in [0.25, 0.3) is 0 Å². The van der Waals surface area contributed by atoms with Crippen molar-refractivity contribution in [3.63, 3.8) is 0 Å². The van der Waals surface area contributed by atoms with Gasteiger partial charge in [0.2, 0.25) is 0 Å². The van der Waals surface area contributed by atoms with Crippen molar-refractivity contribution in [2.24, 2.45) is 0 Å². The van der Waals surface area contributed by atoms with Gasteiger partial charge in [-0.05, 0) is 59.5 Å². The molecular weight excluding hydrogens is 258 g/mol. The van der Waals surface area contributed by atoms with Gasteiger partial charge in [-0.2, -0.15) is 0 Å². The molecule has 2 N–H and O–H groups in total. The number of hydrogen-bond donors (Lipinski definition) is 2. The maximum absolute atomic E-state index is 11.0. The van der Waals surface area contributed by atoms with Crippen LogP contribution in [0.4, 0.5) is 5.69 Å². The molecule has 0 atom stereocenters. The smallest absolute Gasteiger partial charge is 0.346 e. The van der Waals surface area contributed by atoms with Gasteiger partial charge in [0.25, 0.3) is 0 Å². The molecule has 0 amide bonds. The Morgan fingerprint density at radius 2 is 2.11 bits per heavy atom. The third kappa shape index (κ3) is 2.49. The summed E-state index contributed by atoms with van der Waals surface area (Å²) in [6, 6.07) is 8.32. The molecule has 98 valence electrons. The van der Waals surface area contributed by atoms with Crippen molar-refractivity contribution < 1.29 is 9.90 Å². The molecule has 0 fully saturated rings. The van der Waals surface area contributed by atoms with Gasteiger partial charge in [0, 0.05) is 12.2 Å². The summed E-state index contributed by atoms with van der Waals surface area (Å²) >= 11 is 1.27. The van der Waals surface area contributed by atoms with E-state index < -0.39 is 5.97 Å². The molecule has 0 saturated heterocycles. The predicted molar refractivity (Wildman–Crippen MR) is 77.1 cm³/mol. The van der Waals surface area contributed by atoms with Gasteiger partial charge in [0.05, 0.1) is 0 Å². The van der Waals surface area contributed by atoms with Crippen LogP contribution in [0.3, 0.4) is 0 Å². The summed E-state index contributed by atoms with van der Waals surface area (Å²) in [6.45, 7) is 0.559. The summed E-state index contributed by atoms with van der Waals surface area (Å²) in [5, 5.41) is 14.2. The summed E-state index contributed by atoms with van der Waals surface area (Å²) in [6.07, 6.45) is 3.58. The Balaban J connectivity index is 1.72. The fourth-order valence-electron chi connectivity index (χ4n) is 2.54. The fourth-order valence-corrected chi connectivity index (χ4v) is 3.30. The van der Waals surface area contributed by atoms with Crippen LogP contribution in [0.2, 0.25) is 0 Å². The molecule has 1 aliphatic carbocycles. The van der Waals surface area contributed by atoms with E-state index in [4.69, 9.17) is 5.11 Å². The first-order chi connectivity index (χ1) is 9.24. The van der Waals surface area contributed by atoms with Crippen LogP contribution in [-0.4, -0.2) is 11.1 Å². The maximum atomic E-state index is 11.0. The van der Waals surface area contributed by atoms with E-state index in [9.17, 15) is 4.79 Å².